The minimum absolute atomic E-state index is 0.357. The summed E-state index contributed by atoms with van der Waals surface area (Å²) in [6.07, 6.45) is 1.45. The van der Waals surface area contributed by atoms with E-state index in [-0.39, 0.29) is 6.10 Å². The number of ether oxygens (including phenoxy) is 1. The van der Waals surface area contributed by atoms with Gasteiger partial charge in [-0.05, 0) is 41.7 Å². The van der Waals surface area contributed by atoms with E-state index in [4.69, 9.17) is 8.92 Å². The van der Waals surface area contributed by atoms with E-state index in [1.807, 2.05) is 55.5 Å². The summed E-state index contributed by atoms with van der Waals surface area (Å²) in [6.45, 7) is 2.28. The summed E-state index contributed by atoms with van der Waals surface area (Å²) < 4.78 is 34.8. The highest BCUT2D eigenvalue weighted by molar-refractivity contribution is 7.86. The monoisotopic (exact) mass is 398 g/mol. The van der Waals surface area contributed by atoms with Crippen molar-refractivity contribution in [1.29, 1.82) is 0 Å². The van der Waals surface area contributed by atoms with Gasteiger partial charge in [0.2, 0.25) is 0 Å². The number of aryl methyl sites for hydroxylation is 1. The molecule has 4 nitrogen and oxygen atoms in total. The van der Waals surface area contributed by atoms with Gasteiger partial charge in [-0.2, -0.15) is 8.42 Å². The average molecular weight is 399 g/mol. The number of hydrogen-bond acceptors (Lipinski definition) is 4. The van der Waals surface area contributed by atoms with Gasteiger partial charge in [0.1, 0.15) is 6.10 Å². The van der Waals surface area contributed by atoms with Crippen LogP contribution in [-0.4, -0.2) is 26.9 Å². The predicted molar refractivity (Wildman–Crippen MR) is 113 cm³/mol. The molecule has 5 heteroatoms. The first-order valence-electron chi connectivity index (χ1n) is 9.43. The molecule has 0 radical (unpaired) electrons. The number of rotatable bonds is 9. The molecular formula is C23H26O4S. The maximum atomic E-state index is 11.8. The number of fused-ring (bicyclic) bond motifs is 1. The number of hydrogen-bond donors (Lipinski definition) is 0. The minimum atomic E-state index is -3.58. The molecule has 3 rings (SSSR count). The van der Waals surface area contributed by atoms with Crippen molar-refractivity contribution < 1.29 is 17.3 Å². The van der Waals surface area contributed by atoms with Crippen molar-refractivity contribution in [2.45, 2.75) is 38.6 Å². The van der Waals surface area contributed by atoms with Crippen molar-refractivity contribution in [1.82, 2.24) is 0 Å². The molecule has 0 aliphatic rings. The highest BCUT2D eigenvalue weighted by Gasteiger charge is 2.23. The Kier molecular flexibility index (Phi) is 6.83. The molecule has 28 heavy (non-hydrogen) atoms. The fourth-order valence-electron chi connectivity index (χ4n) is 3.30. The van der Waals surface area contributed by atoms with E-state index in [9.17, 15) is 8.42 Å². The van der Waals surface area contributed by atoms with E-state index < -0.39 is 16.2 Å². The summed E-state index contributed by atoms with van der Waals surface area (Å²) in [7, 11) is -3.58. The fraction of sp³-hybridized carbons (Fsp3) is 0.304. The fourth-order valence-corrected chi connectivity index (χ4v) is 4.00. The lowest BCUT2D eigenvalue weighted by Crippen LogP contribution is -2.31. The van der Waals surface area contributed by atoms with Crippen LogP contribution in [0.15, 0.2) is 72.8 Å². The lowest BCUT2D eigenvalue weighted by molar-refractivity contribution is -0.0238. The van der Waals surface area contributed by atoms with Gasteiger partial charge in [0.25, 0.3) is 10.1 Å². The Bertz CT molecular complexity index is 994. The topological polar surface area (TPSA) is 52.6 Å². The molecule has 0 spiro atoms. The van der Waals surface area contributed by atoms with Crippen LogP contribution in [0.2, 0.25) is 0 Å². The Morgan fingerprint density at radius 3 is 2.32 bits per heavy atom. The second-order valence-corrected chi connectivity index (χ2v) is 8.62. The Morgan fingerprint density at radius 1 is 0.893 bits per heavy atom. The van der Waals surface area contributed by atoms with Crippen LogP contribution in [0, 0.1) is 0 Å². The van der Waals surface area contributed by atoms with Crippen molar-refractivity contribution in [2.75, 3.05) is 6.26 Å². The molecule has 3 aromatic rings. The first-order chi connectivity index (χ1) is 13.4. The van der Waals surface area contributed by atoms with Crippen LogP contribution < -0.4 is 0 Å². The van der Waals surface area contributed by atoms with E-state index in [1.54, 1.807) is 0 Å². The van der Waals surface area contributed by atoms with Crippen LogP contribution in [0.3, 0.4) is 0 Å². The third-order valence-corrected chi connectivity index (χ3v) is 5.35. The second kappa shape index (κ2) is 9.32. The maximum absolute atomic E-state index is 11.8. The molecule has 0 aromatic heterocycles. The molecule has 0 saturated carbocycles. The largest absolute Gasteiger partial charge is 0.371 e. The lowest BCUT2D eigenvalue weighted by atomic mass is 9.98. The summed E-state index contributed by atoms with van der Waals surface area (Å²) in [4.78, 5) is 0. The SMILES string of the molecule is C[C@H](OCc1ccccc1)[C@@H](CCc1cccc2ccccc12)OS(C)(=O)=O. The maximum Gasteiger partial charge on any atom is 0.264 e. The van der Waals surface area contributed by atoms with Crippen LogP contribution >= 0.6 is 0 Å². The standard InChI is InChI=1S/C23H26O4S/c1-18(26-17-19-9-4-3-5-10-19)23(27-28(2,24)25)16-15-21-13-8-12-20-11-6-7-14-22(20)21/h3-14,18,23H,15-17H2,1-2H3/t18-,23+/m0/s1. The molecule has 3 aromatic carbocycles. The van der Waals surface area contributed by atoms with Gasteiger partial charge in [-0.1, -0.05) is 72.8 Å². The van der Waals surface area contributed by atoms with E-state index in [0.29, 0.717) is 19.4 Å². The quantitative estimate of drug-likeness (QED) is 0.489. The molecule has 0 bridgehead atoms. The molecule has 0 aliphatic heterocycles. The molecule has 0 saturated heterocycles. The molecule has 0 amide bonds. The van der Waals surface area contributed by atoms with Crippen molar-refractivity contribution in [2.24, 2.45) is 0 Å². The molecule has 0 heterocycles. The summed E-state index contributed by atoms with van der Waals surface area (Å²) in [5, 5.41) is 2.36. The van der Waals surface area contributed by atoms with Crippen molar-refractivity contribution in [3.8, 4) is 0 Å². The molecule has 2 atom stereocenters. The summed E-state index contributed by atoms with van der Waals surface area (Å²) >= 11 is 0. The van der Waals surface area contributed by atoms with Gasteiger partial charge < -0.3 is 4.74 Å². The first kappa shape index (κ1) is 20.5. The zero-order chi connectivity index (χ0) is 20.0. The highest BCUT2D eigenvalue weighted by atomic mass is 32.2. The Labute approximate surface area is 167 Å². The minimum Gasteiger partial charge on any atom is -0.371 e. The zero-order valence-electron chi connectivity index (χ0n) is 16.2. The smallest absolute Gasteiger partial charge is 0.264 e. The summed E-state index contributed by atoms with van der Waals surface area (Å²) in [5.74, 6) is 0. The predicted octanol–water partition coefficient (Wildman–Crippen LogP) is 4.72. The van der Waals surface area contributed by atoms with E-state index >= 15 is 0 Å². The first-order valence-corrected chi connectivity index (χ1v) is 11.2. The van der Waals surface area contributed by atoms with Crippen molar-refractivity contribution >= 4 is 20.9 Å². The van der Waals surface area contributed by atoms with E-state index in [1.165, 1.54) is 16.3 Å². The van der Waals surface area contributed by atoms with Crippen molar-refractivity contribution in [3.63, 3.8) is 0 Å². The molecule has 148 valence electrons. The van der Waals surface area contributed by atoms with Crippen molar-refractivity contribution in [3.05, 3.63) is 83.9 Å². The van der Waals surface area contributed by atoms with E-state index in [2.05, 4.69) is 24.3 Å². The van der Waals surface area contributed by atoms with E-state index in [0.717, 1.165) is 11.8 Å². The highest BCUT2D eigenvalue weighted by Crippen LogP contribution is 2.22. The van der Waals surface area contributed by atoms with Crippen LogP contribution in [0.1, 0.15) is 24.5 Å². The van der Waals surface area contributed by atoms with Crippen LogP contribution in [0.4, 0.5) is 0 Å². The average Bonchev–Trinajstić information content (AvgIpc) is 2.69. The molecule has 0 unspecified atom stereocenters. The van der Waals surface area contributed by atoms with Crippen LogP contribution in [-0.2, 0) is 32.1 Å². The van der Waals surface area contributed by atoms with Gasteiger partial charge in [-0.3, -0.25) is 4.18 Å². The Morgan fingerprint density at radius 2 is 1.57 bits per heavy atom. The summed E-state index contributed by atoms with van der Waals surface area (Å²) in [6, 6.07) is 24.2. The normalized spacial score (nSPS) is 14.1. The Hall–Kier alpha value is -2.21. The third-order valence-electron chi connectivity index (χ3n) is 4.76. The van der Waals surface area contributed by atoms with Gasteiger partial charge >= 0.3 is 0 Å². The van der Waals surface area contributed by atoms with Crippen LogP contribution in [0.5, 0.6) is 0 Å². The van der Waals surface area contributed by atoms with Gasteiger partial charge in [0.15, 0.2) is 0 Å². The molecular weight excluding hydrogens is 372 g/mol. The second-order valence-electron chi connectivity index (χ2n) is 7.02. The molecule has 0 N–H and O–H groups in total. The van der Waals surface area contributed by atoms with Gasteiger partial charge in [0, 0.05) is 0 Å². The van der Waals surface area contributed by atoms with Gasteiger partial charge in [-0.15, -0.1) is 0 Å². The van der Waals surface area contributed by atoms with Gasteiger partial charge in [-0.25, -0.2) is 0 Å². The third kappa shape index (κ3) is 5.89. The molecule has 0 aliphatic carbocycles. The zero-order valence-corrected chi connectivity index (χ0v) is 17.1. The molecule has 0 fully saturated rings. The Balaban J connectivity index is 1.70. The summed E-state index contributed by atoms with van der Waals surface area (Å²) in [5.41, 5.74) is 2.22. The van der Waals surface area contributed by atoms with Crippen LogP contribution in [0.25, 0.3) is 10.8 Å². The van der Waals surface area contributed by atoms with Gasteiger partial charge in [0.05, 0.1) is 19.0 Å². The number of benzene rings is 3. The lowest BCUT2D eigenvalue weighted by Gasteiger charge is -2.24.